The molecule has 102 valence electrons. The van der Waals surface area contributed by atoms with Crippen LogP contribution in [0.15, 0.2) is 6.33 Å². The summed E-state index contributed by atoms with van der Waals surface area (Å²) in [6.45, 7) is 7.74. The molecule has 1 N–H and O–H groups in total. The van der Waals surface area contributed by atoms with Crippen molar-refractivity contribution in [3.05, 3.63) is 16.8 Å². The molecule has 0 radical (unpaired) electrons. The highest BCUT2D eigenvalue weighted by atomic mass is 32.1. The number of hydrogen-bond donors (Lipinski definition) is 1. The quantitative estimate of drug-likeness (QED) is 0.930. The van der Waals surface area contributed by atoms with Crippen molar-refractivity contribution in [2.45, 2.75) is 39.7 Å². The van der Waals surface area contributed by atoms with Gasteiger partial charge in [0.2, 0.25) is 5.88 Å². The average Bonchev–Trinajstić information content (AvgIpc) is 2.68. The normalized spacial score (nSPS) is 11.8. The zero-order chi connectivity index (χ0) is 14.2. The van der Waals surface area contributed by atoms with Gasteiger partial charge in [0.25, 0.3) is 0 Å². The van der Waals surface area contributed by atoms with Crippen LogP contribution >= 0.6 is 11.3 Å². The van der Waals surface area contributed by atoms with Crippen molar-refractivity contribution in [3.8, 4) is 5.88 Å². The first kappa shape index (κ1) is 13.7. The second kappa shape index (κ2) is 4.77. The predicted molar refractivity (Wildman–Crippen MR) is 74.1 cm³/mol. The van der Waals surface area contributed by atoms with Gasteiger partial charge in [-0.25, -0.2) is 14.8 Å². The molecule has 2 rings (SSSR count). The lowest BCUT2D eigenvalue weighted by Gasteiger charge is -2.24. The fourth-order valence-electron chi connectivity index (χ4n) is 1.65. The van der Waals surface area contributed by atoms with Gasteiger partial charge in [-0.05, 0) is 32.8 Å². The lowest BCUT2D eigenvalue weighted by Crippen LogP contribution is -2.27. The zero-order valence-corrected chi connectivity index (χ0v) is 12.2. The maximum absolute atomic E-state index is 11.2. The Kier molecular flexibility index (Phi) is 3.45. The van der Waals surface area contributed by atoms with Crippen LogP contribution in [0.2, 0.25) is 0 Å². The first-order valence-corrected chi connectivity index (χ1v) is 6.83. The number of aromatic nitrogens is 2. The van der Waals surface area contributed by atoms with E-state index in [9.17, 15) is 4.79 Å². The molecule has 0 aliphatic heterocycles. The highest BCUT2D eigenvalue weighted by Crippen LogP contribution is 2.35. The fourth-order valence-corrected chi connectivity index (χ4v) is 2.63. The van der Waals surface area contributed by atoms with Gasteiger partial charge < -0.3 is 9.84 Å². The number of nitrogens with zero attached hydrogens (tertiary/aromatic N) is 2. The van der Waals surface area contributed by atoms with E-state index in [4.69, 9.17) is 9.84 Å². The van der Waals surface area contributed by atoms with Gasteiger partial charge in [-0.2, -0.15) is 0 Å². The van der Waals surface area contributed by atoms with Gasteiger partial charge >= 0.3 is 5.97 Å². The van der Waals surface area contributed by atoms with E-state index in [0.29, 0.717) is 21.7 Å². The first-order valence-electron chi connectivity index (χ1n) is 6.02. The smallest absolute Gasteiger partial charge is 0.346 e. The number of aromatic carboxylic acids is 1. The molecule has 0 amide bonds. The molecule has 0 aliphatic carbocycles. The standard InChI is InChI=1S/C13H16N2O3S/c1-5-13(3,4)18-10-8-7(2)9(12(16)17)19-11(8)15-6-14-10/h6H,5H2,1-4H3,(H,16,17). The number of hydrogen-bond acceptors (Lipinski definition) is 5. The summed E-state index contributed by atoms with van der Waals surface area (Å²) in [5, 5.41) is 9.86. The number of thiophene rings is 1. The van der Waals surface area contributed by atoms with E-state index in [2.05, 4.69) is 9.97 Å². The molecule has 0 bridgehead atoms. The van der Waals surface area contributed by atoms with Gasteiger partial charge in [0, 0.05) is 0 Å². The van der Waals surface area contributed by atoms with Crippen LogP contribution < -0.4 is 4.74 Å². The van der Waals surface area contributed by atoms with Crippen LogP contribution in [0.3, 0.4) is 0 Å². The summed E-state index contributed by atoms with van der Waals surface area (Å²) in [4.78, 5) is 20.4. The second-order valence-electron chi connectivity index (χ2n) is 4.94. The van der Waals surface area contributed by atoms with E-state index < -0.39 is 5.97 Å². The van der Waals surface area contributed by atoms with Crippen LogP contribution in [0.1, 0.15) is 42.4 Å². The number of carbonyl (C=O) groups is 1. The summed E-state index contributed by atoms with van der Waals surface area (Å²) >= 11 is 1.15. The van der Waals surface area contributed by atoms with Gasteiger partial charge in [0.15, 0.2) is 0 Å². The highest BCUT2D eigenvalue weighted by Gasteiger charge is 2.23. The molecule has 0 aromatic carbocycles. The molecule has 5 nitrogen and oxygen atoms in total. The molecule has 0 unspecified atom stereocenters. The summed E-state index contributed by atoms with van der Waals surface area (Å²) in [5.74, 6) is -0.487. The topological polar surface area (TPSA) is 72.3 Å². The Hall–Kier alpha value is -1.69. The van der Waals surface area contributed by atoms with Crippen LogP contribution in [-0.4, -0.2) is 26.6 Å². The van der Waals surface area contributed by atoms with Crippen LogP contribution in [0, 0.1) is 6.92 Å². The Morgan fingerprint density at radius 1 is 1.47 bits per heavy atom. The van der Waals surface area contributed by atoms with Crippen LogP contribution in [0.4, 0.5) is 0 Å². The number of fused-ring (bicyclic) bond motifs is 1. The molecular formula is C13H16N2O3S. The molecule has 0 saturated carbocycles. The Morgan fingerprint density at radius 3 is 2.74 bits per heavy atom. The largest absolute Gasteiger partial charge is 0.477 e. The second-order valence-corrected chi connectivity index (χ2v) is 5.93. The third-order valence-corrected chi connectivity index (χ3v) is 4.30. The average molecular weight is 280 g/mol. The summed E-state index contributed by atoms with van der Waals surface area (Å²) in [6, 6.07) is 0. The molecule has 6 heteroatoms. The summed E-state index contributed by atoms with van der Waals surface area (Å²) in [7, 11) is 0. The van der Waals surface area contributed by atoms with E-state index in [1.807, 2.05) is 20.8 Å². The fraction of sp³-hybridized carbons (Fsp3) is 0.462. The van der Waals surface area contributed by atoms with Crippen molar-refractivity contribution >= 4 is 27.5 Å². The molecule has 19 heavy (non-hydrogen) atoms. The van der Waals surface area contributed by atoms with E-state index in [-0.39, 0.29) is 10.5 Å². The molecule has 2 heterocycles. The minimum Gasteiger partial charge on any atom is -0.477 e. The molecule has 0 saturated heterocycles. The number of ether oxygens (including phenoxy) is 1. The Bertz CT molecular complexity index is 634. The van der Waals surface area contributed by atoms with Gasteiger partial charge in [-0.15, -0.1) is 11.3 Å². The lowest BCUT2D eigenvalue weighted by atomic mass is 10.1. The van der Waals surface area contributed by atoms with Crippen molar-refractivity contribution in [2.24, 2.45) is 0 Å². The van der Waals surface area contributed by atoms with Gasteiger partial charge in [-0.1, -0.05) is 6.92 Å². The number of carboxylic acids is 1. The van der Waals surface area contributed by atoms with Crippen LogP contribution in [-0.2, 0) is 0 Å². The Balaban J connectivity index is 2.60. The van der Waals surface area contributed by atoms with Gasteiger partial charge in [0.05, 0.1) is 5.39 Å². The van der Waals surface area contributed by atoms with E-state index in [0.717, 1.165) is 17.8 Å². The third-order valence-electron chi connectivity index (χ3n) is 3.11. The molecule has 2 aromatic heterocycles. The monoisotopic (exact) mass is 280 g/mol. The van der Waals surface area contributed by atoms with E-state index in [1.54, 1.807) is 6.92 Å². The van der Waals surface area contributed by atoms with E-state index in [1.165, 1.54) is 6.33 Å². The first-order chi connectivity index (χ1) is 8.85. The van der Waals surface area contributed by atoms with Crippen molar-refractivity contribution in [3.63, 3.8) is 0 Å². The molecule has 0 spiro atoms. The highest BCUT2D eigenvalue weighted by molar-refractivity contribution is 7.20. The number of aryl methyl sites for hydroxylation is 1. The van der Waals surface area contributed by atoms with Crippen molar-refractivity contribution < 1.29 is 14.6 Å². The lowest BCUT2D eigenvalue weighted by molar-refractivity contribution is 0.0701. The molecule has 0 fully saturated rings. The SMILES string of the molecule is CCC(C)(C)Oc1ncnc2sc(C(=O)O)c(C)c12. The summed E-state index contributed by atoms with van der Waals surface area (Å²) < 4.78 is 5.90. The molecule has 0 atom stereocenters. The number of carboxylic acid groups (broad SMARTS) is 1. The van der Waals surface area contributed by atoms with Crippen LogP contribution in [0.25, 0.3) is 10.2 Å². The minimum absolute atomic E-state index is 0.287. The number of rotatable bonds is 4. The Morgan fingerprint density at radius 2 is 2.16 bits per heavy atom. The Labute approximate surface area is 115 Å². The predicted octanol–water partition coefficient (Wildman–Crippen LogP) is 3.27. The van der Waals surface area contributed by atoms with Crippen molar-refractivity contribution in [1.29, 1.82) is 0 Å². The van der Waals surface area contributed by atoms with Crippen molar-refractivity contribution in [2.75, 3.05) is 0 Å². The van der Waals surface area contributed by atoms with Gasteiger partial charge in [-0.3, -0.25) is 0 Å². The zero-order valence-electron chi connectivity index (χ0n) is 11.4. The molecule has 2 aromatic rings. The maximum Gasteiger partial charge on any atom is 0.346 e. The molecular weight excluding hydrogens is 264 g/mol. The van der Waals surface area contributed by atoms with Gasteiger partial charge in [0.1, 0.15) is 21.6 Å². The van der Waals surface area contributed by atoms with E-state index >= 15 is 0 Å². The summed E-state index contributed by atoms with van der Waals surface area (Å²) in [6.07, 6.45) is 2.23. The summed E-state index contributed by atoms with van der Waals surface area (Å²) in [5.41, 5.74) is 0.314. The minimum atomic E-state index is -0.943. The maximum atomic E-state index is 11.2. The third kappa shape index (κ3) is 2.53. The molecule has 0 aliphatic rings. The van der Waals surface area contributed by atoms with Crippen LogP contribution in [0.5, 0.6) is 5.88 Å². The van der Waals surface area contributed by atoms with Crippen molar-refractivity contribution in [1.82, 2.24) is 9.97 Å².